The molecular weight excluding hydrogens is 180 g/mol. The minimum atomic E-state index is 0.529. The summed E-state index contributed by atoms with van der Waals surface area (Å²) in [6, 6.07) is 7.17. The van der Waals surface area contributed by atoms with Crippen molar-refractivity contribution in [1.29, 1.82) is 5.26 Å². The average molecular weight is 192 g/mol. The molecule has 0 fully saturated rings. The summed E-state index contributed by atoms with van der Waals surface area (Å²) < 4.78 is 10.2. The summed E-state index contributed by atoms with van der Waals surface area (Å²) in [5.74, 6) is 0.769. The zero-order valence-electron chi connectivity index (χ0n) is 7.99. The van der Waals surface area contributed by atoms with Gasteiger partial charge >= 0.3 is 0 Å². The van der Waals surface area contributed by atoms with Crippen LogP contribution in [0.1, 0.15) is 0 Å². The van der Waals surface area contributed by atoms with Gasteiger partial charge in [0.1, 0.15) is 12.4 Å². The number of nitriles is 1. The van der Waals surface area contributed by atoms with Gasteiger partial charge in [-0.15, -0.1) is 0 Å². The summed E-state index contributed by atoms with van der Waals surface area (Å²) in [7, 11) is 1.63. The molecule has 4 nitrogen and oxygen atoms in total. The second-order valence-electron chi connectivity index (χ2n) is 2.60. The second-order valence-corrected chi connectivity index (χ2v) is 2.60. The molecule has 1 aromatic rings. The van der Waals surface area contributed by atoms with Gasteiger partial charge < -0.3 is 9.47 Å². The van der Waals surface area contributed by atoms with E-state index in [9.17, 15) is 0 Å². The Hall–Kier alpha value is -1.73. The smallest absolute Gasteiger partial charge is 0.181 e. The fourth-order valence-electron chi connectivity index (χ4n) is 0.942. The first kappa shape index (κ1) is 10.4. The van der Waals surface area contributed by atoms with Crippen LogP contribution in [0.3, 0.4) is 0 Å². The highest BCUT2D eigenvalue weighted by Gasteiger charge is 1.93. The third kappa shape index (κ3) is 3.33. The van der Waals surface area contributed by atoms with Crippen molar-refractivity contribution in [1.82, 2.24) is 0 Å². The maximum atomic E-state index is 8.35. The van der Waals surface area contributed by atoms with Crippen LogP contribution in [-0.2, 0) is 4.74 Å². The van der Waals surface area contributed by atoms with Crippen molar-refractivity contribution in [3.63, 3.8) is 0 Å². The normalized spacial score (nSPS) is 9.14. The van der Waals surface area contributed by atoms with Crippen molar-refractivity contribution in [2.45, 2.75) is 0 Å². The van der Waals surface area contributed by atoms with Gasteiger partial charge in [-0.3, -0.25) is 5.32 Å². The number of nitrogens with one attached hydrogen (secondary N) is 1. The molecule has 0 aliphatic carbocycles. The Kier molecular flexibility index (Phi) is 4.32. The van der Waals surface area contributed by atoms with Gasteiger partial charge in [0.25, 0.3) is 0 Å². The number of methoxy groups -OCH3 is 1. The van der Waals surface area contributed by atoms with Crippen LogP contribution in [0.15, 0.2) is 24.3 Å². The van der Waals surface area contributed by atoms with Gasteiger partial charge in [-0.1, -0.05) is 0 Å². The molecule has 0 amide bonds. The number of rotatable bonds is 5. The van der Waals surface area contributed by atoms with E-state index in [4.69, 9.17) is 14.7 Å². The molecule has 1 N–H and O–H groups in total. The second kappa shape index (κ2) is 5.84. The van der Waals surface area contributed by atoms with E-state index in [1.165, 1.54) is 0 Å². The first-order chi connectivity index (χ1) is 6.86. The lowest BCUT2D eigenvalue weighted by molar-refractivity contribution is 0.146. The molecule has 0 aromatic heterocycles. The van der Waals surface area contributed by atoms with E-state index in [0.717, 1.165) is 11.4 Å². The lowest BCUT2D eigenvalue weighted by Gasteiger charge is -2.05. The summed E-state index contributed by atoms with van der Waals surface area (Å²) in [6.07, 6.45) is 1.84. The molecule has 1 rings (SSSR count). The number of benzene rings is 1. The fourth-order valence-corrected chi connectivity index (χ4v) is 0.942. The number of nitrogens with zero attached hydrogens (tertiary/aromatic N) is 1. The van der Waals surface area contributed by atoms with Crippen LogP contribution in [0, 0.1) is 11.5 Å². The standard InChI is InChI=1S/C10H12N2O2/c1-13-6-7-14-10-4-2-9(3-5-10)12-8-11/h2-5,12H,6-7H2,1H3. The predicted molar refractivity (Wildman–Crippen MR) is 53.0 cm³/mol. The largest absolute Gasteiger partial charge is 0.491 e. The summed E-state index contributed by atoms with van der Waals surface area (Å²) in [5.41, 5.74) is 0.756. The minimum Gasteiger partial charge on any atom is -0.491 e. The van der Waals surface area contributed by atoms with Crippen molar-refractivity contribution < 1.29 is 9.47 Å². The third-order valence-electron chi connectivity index (χ3n) is 1.61. The van der Waals surface area contributed by atoms with E-state index in [1.807, 2.05) is 6.19 Å². The van der Waals surface area contributed by atoms with Crippen LogP contribution in [0.5, 0.6) is 5.75 Å². The van der Waals surface area contributed by atoms with Crippen molar-refractivity contribution in [3.8, 4) is 11.9 Å². The van der Waals surface area contributed by atoms with Crippen molar-refractivity contribution in [2.75, 3.05) is 25.6 Å². The molecule has 0 aliphatic heterocycles. The van der Waals surface area contributed by atoms with Gasteiger partial charge in [0.15, 0.2) is 6.19 Å². The number of anilines is 1. The Morgan fingerprint density at radius 3 is 2.57 bits per heavy atom. The van der Waals surface area contributed by atoms with Gasteiger partial charge in [-0.2, -0.15) is 5.26 Å². The molecule has 0 spiro atoms. The Bertz CT molecular complexity index is 303. The molecule has 0 saturated heterocycles. The summed E-state index contributed by atoms with van der Waals surface area (Å²) in [6.45, 7) is 1.10. The molecule has 0 heterocycles. The van der Waals surface area contributed by atoms with Crippen molar-refractivity contribution in [2.24, 2.45) is 0 Å². The SMILES string of the molecule is COCCOc1ccc(NC#N)cc1. The Morgan fingerprint density at radius 1 is 1.29 bits per heavy atom. The molecule has 0 saturated carbocycles. The first-order valence-electron chi connectivity index (χ1n) is 4.23. The molecule has 0 unspecified atom stereocenters. The molecular formula is C10H12N2O2. The minimum absolute atomic E-state index is 0.529. The van der Waals surface area contributed by atoms with Crippen molar-refractivity contribution >= 4 is 5.69 Å². The van der Waals surface area contributed by atoms with E-state index in [0.29, 0.717) is 13.2 Å². The third-order valence-corrected chi connectivity index (χ3v) is 1.61. The fraction of sp³-hybridized carbons (Fsp3) is 0.300. The highest BCUT2D eigenvalue weighted by molar-refractivity contribution is 5.48. The van der Waals surface area contributed by atoms with E-state index in [2.05, 4.69) is 5.32 Å². The van der Waals surface area contributed by atoms with Gasteiger partial charge in [-0.05, 0) is 24.3 Å². The van der Waals surface area contributed by atoms with Crippen LogP contribution in [0.25, 0.3) is 0 Å². The van der Waals surface area contributed by atoms with Crippen LogP contribution in [0.4, 0.5) is 5.69 Å². The average Bonchev–Trinajstić information content (AvgIpc) is 2.21. The maximum absolute atomic E-state index is 8.35. The van der Waals surface area contributed by atoms with Gasteiger partial charge in [0, 0.05) is 12.8 Å². The molecule has 14 heavy (non-hydrogen) atoms. The van der Waals surface area contributed by atoms with Gasteiger partial charge in [0.05, 0.1) is 6.61 Å². The zero-order chi connectivity index (χ0) is 10.2. The van der Waals surface area contributed by atoms with Crippen LogP contribution >= 0.6 is 0 Å². The number of ether oxygens (including phenoxy) is 2. The monoisotopic (exact) mass is 192 g/mol. The number of hydrogen-bond acceptors (Lipinski definition) is 4. The summed E-state index contributed by atoms with van der Waals surface area (Å²) in [4.78, 5) is 0. The van der Waals surface area contributed by atoms with Gasteiger partial charge in [-0.25, -0.2) is 0 Å². The van der Waals surface area contributed by atoms with Crippen LogP contribution < -0.4 is 10.1 Å². The molecule has 4 heteroatoms. The summed E-state index contributed by atoms with van der Waals surface area (Å²) in [5, 5.41) is 10.9. The molecule has 0 bridgehead atoms. The molecule has 1 aromatic carbocycles. The van der Waals surface area contributed by atoms with Gasteiger partial charge in [0.2, 0.25) is 0 Å². The highest BCUT2D eigenvalue weighted by atomic mass is 16.5. The topological polar surface area (TPSA) is 54.3 Å². The lowest BCUT2D eigenvalue weighted by atomic mass is 10.3. The molecule has 0 aliphatic rings. The maximum Gasteiger partial charge on any atom is 0.181 e. The quantitative estimate of drug-likeness (QED) is 0.437. The van der Waals surface area contributed by atoms with E-state index < -0.39 is 0 Å². The summed E-state index contributed by atoms with van der Waals surface area (Å²) >= 11 is 0. The van der Waals surface area contributed by atoms with E-state index >= 15 is 0 Å². The van der Waals surface area contributed by atoms with E-state index in [-0.39, 0.29) is 0 Å². The van der Waals surface area contributed by atoms with Crippen LogP contribution in [-0.4, -0.2) is 20.3 Å². The van der Waals surface area contributed by atoms with Crippen molar-refractivity contribution in [3.05, 3.63) is 24.3 Å². The first-order valence-corrected chi connectivity index (χ1v) is 4.23. The molecule has 74 valence electrons. The Labute approximate surface area is 83.1 Å². The van der Waals surface area contributed by atoms with E-state index in [1.54, 1.807) is 31.4 Å². The zero-order valence-corrected chi connectivity index (χ0v) is 7.99. The highest BCUT2D eigenvalue weighted by Crippen LogP contribution is 2.14. The Morgan fingerprint density at radius 2 is 2.00 bits per heavy atom. The predicted octanol–water partition coefficient (Wildman–Crippen LogP) is 1.60. The number of hydrogen-bond donors (Lipinski definition) is 1. The molecule has 0 radical (unpaired) electrons. The lowest BCUT2D eigenvalue weighted by Crippen LogP contribution is -2.03. The van der Waals surface area contributed by atoms with Crippen LogP contribution in [0.2, 0.25) is 0 Å². The Balaban J connectivity index is 2.43. The molecule has 0 atom stereocenters.